The summed E-state index contributed by atoms with van der Waals surface area (Å²) < 4.78 is 6.02. The predicted octanol–water partition coefficient (Wildman–Crippen LogP) is 3.84. The lowest BCUT2D eigenvalue weighted by Gasteiger charge is -2.34. The molecule has 7 heteroatoms. The number of phenolic OH excluding ortho intramolecular Hbond substituents is 1. The molecule has 0 atom stereocenters. The van der Waals surface area contributed by atoms with Gasteiger partial charge in [-0.3, -0.25) is 14.6 Å². The lowest BCUT2D eigenvalue weighted by molar-refractivity contribution is 0.101. The van der Waals surface area contributed by atoms with Crippen LogP contribution in [0.25, 0.3) is 6.08 Å². The van der Waals surface area contributed by atoms with E-state index in [2.05, 4.69) is 42.7 Å². The molecule has 0 aromatic heterocycles. The molecule has 0 radical (unpaired) electrons. The van der Waals surface area contributed by atoms with Crippen molar-refractivity contribution in [2.24, 2.45) is 0 Å². The second kappa shape index (κ2) is 10.3. The number of rotatable bonds is 5. The highest BCUT2D eigenvalue weighted by Gasteiger charge is 2.32. The summed E-state index contributed by atoms with van der Waals surface area (Å²) in [5.74, 6) is 0.729. The Morgan fingerprint density at radius 2 is 1.64 bits per heavy atom. The average molecular weight is 473 g/mol. The standard InChI is InChI=1S/C26H32N2O4.ClH/c1-26(2,3)19-6-4-18(5-7-19)16-23-24(31)20-8-9-22(30)21(25(20)32-23)17-28-12-10-27(11-13-28)14-15-29;/h4-9,16,29-30H,10-15,17H2,1-3H3;1H. The highest BCUT2D eigenvalue weighted by Crippen LogP contribution is 2.40. The van der Waals surface area contributed by atoms with E-state index in [9.17, 15) is 9.90 Å². The number of halogens is 1. The van der Waals surface area contributed by atoms with Gasteiger partial charge in [-0.05, 0) is 34.8 Å². The van der Waals surface area contributed by atoms with Gasteiger partial charge < -0.3 is 14.9 Å². The second-order valence-electron chi connectivity index (χ2n) is 9.59. The quantitative estimate of drug-likeness (QED) is 0.644. The first-order valence-electron chi connectivity index (χ1n) is 11.2. The van der Waals surface area contributed by atoms with Crippen LogP contribution in [-0.2, 0) is 12.0 Å². The zero-order valence-electron chi connectivity index (χ0n) is 19.5. The summed E-state index contributed by atoms with van der Waals surface area (Å²) in [6.07, 6.45) is 1.77. The van der Waals surface area contributed by atoms with Crippen LogP contribution in [0.5, 0.6) is 11.5 Å². The summed E-state index contributed by atoms with van der Waals surface area (Å²) in [5, 5.41) is 19.7. The number of hydrogen-bond acceptors (Lipinski definition) is 6. The number of fused-ring (bicyclic) bond motifs is 1. The van der Waals surface area contributed by atoms with Gasteiger partial charge in [0.05, 0.1) is 17.7 Å². The van der Waals surface area contributed by atoms with Gasteiger partial charge in [-0.15, -0.1) is 12.4 Å². The number of piperazine rings is 1. The Morgan fingerprint density at radius 1 is 1.00 bits per heavy atom. The number of benzene rings is 2. The van der Waals surface area contributed by atoms with E-state index in [0.29, 0.717) is 30.0 Å². The van der Waals surface area contributed by atoms with Gasteiger partial charge in [0.15, 0.2) is 5.76 Å². The number of carbonyl (C=O) groups is 1. The molecule has 2 aromatic carbocycles. The summed E-state index contributed by atoms with van der Waals surface area (Å²) in [6.45, 7) is 11.3. The van der Waals surface area contributed by atoms with E-state index in [-0.39, 0.29) is 41.7 Å². The van der Waals surface area contributed by atoms with E-state index in [4.69, 9.17) is 9.84 Å². The molecule has 2 N–H and O–H groups in total. The van der Waals surface area contributed by atoms with Crippen molar-refractivity contribution in [3.8, 4) is 11.5 Å². The number of nitrogens with zero attached hydrogens (tertiary/aromatic N) is 2. The molecule has 0 aliphatic carbocycles. The molecule has 0 amide bonds. The molecular formula is C26H33ClN2O4. The van der Waals surface area contributed by atoms with Crippen molar-refractivity contribution < 1.29 is 19.7 Å². The SMILES string of the molecule is CC(C)(C)c1ccc(C=C2Oc3c(ccc(O)c3CN3CCN(CCO)CC3)C2=O)cc1.Cl. The minimum Gasteiger partial charge on any atom is -0.507 e. The molecule has 1 saturated heterocycles. The smallest absolute Gasteiger partial charge is 0.231 e. The molecule has 0 saturated carbocycles. The van der Waals surface area contributed by atoms with E-state index < -0.39 is 0 Å². The zero-order valence-corrected chi connectivity index (χ0v) is 20.3. The molecule has 0 bridgehead atoms. The van der Waals surface area contributed by atoms with Gasteiger partial charge >= 0.3 is 0 Å². The molecule has 33 heavy (non-hydrogen) atoms. The molecule has 178 valence electrons. The van der Waals surface area contributed by atoms with Crippen LogP contribution in [0.2, 0.25) is 0 Å². The van der Waals surface area contributed by atoms with Crippen molar-refractivity contribution in [1.82, 2.24) is 9.80 Å². The monoisotopic (exact) mass is 472 g/mol. The lowest BCUT2D eigenvalue weighted by Crippen LogP contribution is -2.46. The van der Waals surface area contributed by atoms with Crippen LogP contribution in [0.3, 0.4) is 0 Å². The van der Waals surface area contributed by atoms with Crippen molar-refractivity contribution in [2.45, 2.75) is 32.7 Å². The van der Waals surface area contributed by atoms with E-state index >= 15 is 0 Å². The maximum atomic E-state index is 13.0. The Kier molecular flexibility index (Phi) is 7.85. The molecule has 2 heterocycles. The van der Waals surface area contributed by atoms with Crippen LogP contribution in [0.15, 0.2) is 42.2 Å². The van der Waals surface area contributed by atoms with Gasteiger partial charge in [0, 0.05) is 39.3 Å². The fraction of sp³-hybridized carbons (Fsp3) is 0.423. The Morgan fingerprint density at radius 3 is 2.24 bits per heavy atom. The fourth-order valence-electron chi connectivity index (χ4n) is 4.22. The average Bonchev–Trinajstić information content (AvgIpc) is 3.07. The number of aromatic hydroxyl groups is 1. The van der Waals surface area contributed by atoms with E-state index in [0.717, 1.165) is 31.7 Å². The number of aliphatic hydroxyl groups is 1. The molecular weight excluding hydrogens is 440 g/mol. The van der Waals surface area contributed by atoms with Crippen molar-refractivity contribution >= 4 is 24.3 Å². The zero-order chi connectivity index (χ0) is 22.9. The maximum absolute atomic E-state index is 13.0. The summed E-state index contributed by atoms with van der Waals surface area (Å²) in [4.78, 5) is 17.4. The van der Waals surface area contributed by atoms with Gasteiger partial charge in [0.1, 0.15) is 11.5 Å². The first-order chi connectivity index (χ1) is 15.3. The third kappa shape index (κ3) is 5.58. The molecule has 2 aliphatic rings. The second-order valence-corrected chi connectivity index (χ2v) is 9.59. The van der Waals surface area contributed by atoms with Gasteiger partial charge in [0.2, 0.25) is 5.78 Å². The fourth-order valence-corrected chi connectivity index (χ4v) is 4.22. The lowest BCUT2D eigenvalue weighted by atomic mass is 9.86. The topological polar surface area (TPSA) is 73.2 Å². The third-order valence-electron chi connectivity index (χ3n) is 6.25. The number of β-amino-alcohol motifs (C(OH)–C–C–N with tert-alkyl or cyclic N) is 1. The van der Waals surface area contributed by atoms with Crippen molar-refractivity contribution in [1.29, 1.82) is 0 Å². The molecule has 2 aromatic rings. The molecule has 4 rings (SSSR count). The molecule has 1 fully saturated rings. The first-order valence-corrected chi connectivity index (χ1v) is 11.2. The highest BCUT2D eigenvalue weighted by molar-refractivity contribution is 6.15. The van der Waals surface area contributed by atoms with Crippen LogP contribution in [-0.4, -0.2) is 65.1 Å². The van der Waals surface area contributed by atoms with Gasteiger partial charge in [-0.25, -0.2) is 0 Å². The summed E-state index contributed by atoms with van der Waals surface area (Å²) in [6, 6.07) is 11.4. The normalized spacial score (nSPS) is 18.2. The Hall–Kier alpha value is -2.38. The summed E-state index contributed by atoms with van der Waals surface area (Å²) in [7, 11) is 0. The third-order valence-corrected chi connectivity index (χ3v) is 6.25. The molecule has 2 aliphatic heterocycles. The number of allylic oxidation sites excluding steroid dienone is 1. The number of ether oxygens (including phenoxy) is 1. The number of hydrogen-bond donors (Lipinski definition) is 2. The van der Waals surface area contributed by atoms with Gasteiger partial charge in [-0.1, -0.05) is 45.0 Å². The minimum atomic E-state index is -0.158. The van der Waals surface area contributed by atoms with Crippen molar-refractivity contribution in [3.63, 3.8) is 0 Å². The number of ketones is 1. The summed E-state index contributed by atoms with van der Waals surface area (Å²) >= 11 is 0. The van der Waals surface area contributed by atoms with Crippen molar-refractivity contribution in [2.75, 3.05) is 39.3 Å². The Balaban J connectivity index is 0.00000306. The van der Waals surface area contributed by atoms with Crippen molar-refractivity contribution in [3.05, 3.63) is 64.4 Å². The van der Waals surface area contributed by atoms with Crippen LogP contribution in [0, 0.1) is 0 Å². The summed E-state index contributed by atoms with van der Waals surface area (Å²) in [5.41, 5.74) is 3.34. The van der Waals surface area contributed by atoms with E-state index in [1.165, 1.54) is 5.56 Å². The number of Topliss-reactive ketones (excluding diaryl/α,β-unsaturated/α-hetero) is 1. The minimum absolute atomic E-state index is 0. The van der Waals surface area contributed by atoms with Crippen LogP contribution >= 0.6 is 12.4 Å². The number of aliphatic hydroxyl groups excluding tert-OH is 1. The Labute approximate surface area is 201 Å². The predicted molar refractivity (Wildman–Crippen MR) is 132 cm³/mol. The van der Waals surface area contributed by atoms with Crippen LogP contribution in [0.4, 0.5) is 0 Å². The number of phenols is 1. The van der Waals surface area contributed by atoms with Crippen LogP contribution in [0.1, 0.15) is 47.8 Å². The molecule has 0 unspecified atom stereocenters. The Bertz CT molecular complexity index is 1020. The van der Waals surface area contributed by atoms with E-state index in [1.54, 1.807) is 18.2 Å². The first kappa shape index (κ1) is 25.2. The maximum Gasteiger partial charge on any atom is 0.231 e. The molecule has 6 nitrogen and oxygen atoms in total. The largest absolute Gasteiger partial charge is 0.507 e. The molecule has 0 spiro atoms. The highest BCUT2D eigenvalue weighted by atomic mass is 35.5. The van der Waals surface area contributed by atoms with Gasteiger partial charge in [0.25, 0.3) is 0 Å². The van der Waals surface area contributed by atoms with Crippen LogP contribution < -0.4 is 4.74 Å². The van der Waals surface area contributed by atoms with E-state index in [1.807, 2.05) is 12.1 Å². The number of carbonyl (C=O) groups excluding carboxylic acids is 1. The van der Waals surface area contributed by atoms with Gasteiger partial charge in [-0.2, -0.15) is 0 Å².